The SMILES string of the molecule is Cc1nnc(C2CN(C(=O)Cc3ccccc3)CC23CCN(C(=O)C2CC2)CC3)o1. The van der Waals surface area contributed by atoms with Crippen LogP contribution in [0.1, 0.15) is 48.9 Å². The van der Waals surface area contributed by atoms with Crippen LogP contribution in [0, 0.1) is 18.3 Å². The van der Waals surface area contributed by atoms with Gasteiger partial charge in [-0.05, 0) is 31.2 Å². The van der Waals surface area contributed by atoms with E-state index in [1.54, 1.807) is 6.92 Å². The van der Waals surface area contributed by atoms with Crippen molar-refractivity contribution in [3.05, 3.63) is 47.7 Å². The van der Waals surface area contributed by atoms with Gasteiger partial charge in [0.25, 0.3) is 0 Å². The molecule has 7 nitrogen and oxygen atoms in total. The zero-order valence-electron chi connectivity index (χ0n) is 17.4. The van der Waals surface area contributed by atoms with Gasteiger partial charge in [0.05, 0.1) is 12.3 Å². The van der Waals surface area contributed by atoms with Crippen molar-refractivity contribution in [2.75, 3.05) is 26.2 Å². The van der Waals surface area contributed by atoms with Crippen molar-refractivity contribution in [2.45, 2.75) is 44.9 Å². The summed E-state index contributed by atoms with van der Waals surface area (Å²) in [5, 5.41) is 8.35. The molecule has 2 saturated heterocycles. The Morgan fingerprint density at radius 1 is 1.10 bits per heavy atom. The molecule has 0 N–H and O–H groups in total. The van der Waals surface area contributed by atoms with Gasteiger partial charge in [-0.1, -0.05) is 30.3 Å². The minimum atomic E-state index is -0.106. The summed E-state index contributed by atoms with van der Waals surface area (Å²) >= 11 is 0. The topological polar surface area (TPSA) is 79.5 Å². The van der Waals surface area contributed by atoms with Crippen LogP contribution >= 0.6 is 0 Å². The number of carbonyl (C=O) groups is 2. The summed E-state index contributed by atoms with van der Waals surface area (Å²) in [6.45, 7) is 4.59. The lowest BCUT2D eigenvalue weighted by Gasteiger charge is -2.41. The fourth-order valence-corrected chi connectivity index (χ4v) is 5.10. The molecule has 5 rings (SSSR count). The van der Waals surface area contributed by atoms with E-state index in [4.69, 9.17) is 4.42 Å². The molecule has 1 unspecified atom stereocenters. The molecular weight excluding hydrogens is 380 g/mol. The van der Waals surface area contributed by atoms with Crippen LogP contribution in [0.5, 0.6) is 0 Å². The highest BCUT2D eigenvalue weighted by atomic mass is 16.4. The second kappa shape index (κ2) is 7.52. The lowest BCUT2D eigenvalue weighted by Crippen LogP contribution is -2.46. The monoisotopic (exact) mass is 408 g/mol. The van der Waals surface area contributed by atoms with Crippen molar-refractivity contribution in [1.82, 2.24) is 20.0 Å². The molecule has 7 heteroatoms. The second-order valence-electron chi connectivity index (χ2n) is 9.11. The van der Waals surface area contributed by atoms with E-state index in [1.807, 2.05) is 40.1 Å². The van der Waals surface area contributed by atoms with E-state index in [0.717, 1.165) is 44.3 Å². The molecule has 1 aromatic heterocycles. The molecule has 3 fully saturated rings. The Labute approximate surface area is 176 Å². The van der Waals surface area contributed by atoms with Gasteiger partial charge in [0.1, 0.15) is 0 Å². The zero-order valence-corrected chi connectivity index (χ0v) is 17.4. The molecule has 1 atom stereocenters. The van der Waals surface area contributed by atoms with Crippen LogP contribution in [0.25, 0.3) is 0 Å². The van der Waals surface area contributed by atoms with Crippen LogP contribution in [0.15, 0.2) is 34.7 Å². The first-order valence-electron chi connectivity index (χ1n) is 10.9. The fraction of sp³-hybridized carbons (Fsp3) is 0.565. The predicted molar refractivity (Wildman–Crippen MR) is 109 cm³/mol. The Kier molecular flexibility index (Phi) is 4.83. The van der Waals surface area contributed by atoms with Gasteiger partial charge >= 0.3 is 0 Å². The molecule has 30 heavy (non-hydrogen) atoms. The molecule has 1 spiro atoms. The zero-order chi connectivity index (χ0) is 20.7. The molecular formula is C23H28N4O3. The lowest BCUT2D eigenvalue weighted by atomic mass is 9.70. The van der Waals surface area contributed by atoms with E-state index >= 15 is 0 Å². The minimum absolute atomic E-state index is 0.0246. The third-order valence-corrected chi connectivity index (χ3v) is 7.04. The highest BCUT2D eigenvalue weighted by Crippen LogP contribution is 2.50. The lowest BCUT2D eigenvalue weighted by molar-refractivity contribution is -0.135. The molecule has 2 aliphatic heterocycles. The number of likely N-dealkylation sites (tertiary alicyclic amines) is 2. The summed E-state index contributed by atoms with van der Waals surface area (Å²) < 4.78 is 5.82. The normalized spacial score (nSPS) is 23.2. The minimum Gasteiger partial charge on any atom is -0.425 e. The maximum atomic E-state index is 13.1. The molecule has 3 aliphatic rings. The van der Waals surface area contributed by atoms with Gasteiger partial charge in [0.2, 0.25) is 23.6 Å². The summed E-state index contributed by atoms with van der Waals surface area (Å²) in [6, 6.07) is 9.87. The Morgan fingerprint density at radius 2 is 1.83 bits per heavy atom. The van der Waals surface area contributed by atoms with Gasteiger partial charge < -0.3 is 14.2 Å². The molecule has 2 amide bonds. The first kappa shape index (κ1) is 19.3. The number of rotatable bonds is 4. The molecule has 0 radical (unpaired) electrons. The van der Waals surface area contributed by atoms with Crippen LogP contribution in [0.4, 0.5) is 0 Å². The van der Waals surface area contributed by atoms with E-state index in [9.17, 15) is 9.59 Å². The Hall–Kier alpha value is -2.70. The summed E-state index contributed by atoms with van der Waals surface area (Å²) in [5.41, 5.74) is 0.921. The second-order valence-corrected chi connectivity index (χ2v) is 9.11. The van der Waals surface area contributed by atoms with Crippen molar-refractivity contribution in [1.29, 1.82) is 0 Å². The van der Waals surface area contributed by atoms with Crippen molar-refractivity contribution in [3.63, 3.8) is 0 Å². The molecule has 158 valence electrons. The maximum absolute atomic E-state index is 13.1. The Balaban J connectivity index is 1.34. The highest BCUT2D eigenvalue weighted by Gasteiger charge is 2.52. The fourth-order valence-electron chi connectivity index (χ4n) is 5.10. The standard InChI is InChI=1S/C23H28N4O3/c1-16-24-25-21(30-16)19-14-27(20(28)13-17-5-3-2-4-6-17)15-23(19)9-11-26(12-10-23)22(29)18-7-8-18/h2-6,18-19H,7-15H2,1H3. The van der Waals surface area contributed by atoms with E-state index in [0.29, 0.717) is 37.2 Å². The first-order chi connectivity index (χ1) is 14.5. The first-order valence-corrected chi connectivity index (χ1v) is 10.9. The molecule has 1 saturated carbocycles. The van der Waals surface area contributed by atoms with Gasteiger partial charge in [-0.15, -0.1) is 10.2 Å². The van der Waals surface area contributed by atoms with Crippen molar-refractivity contribution in [3.8, 4) is 0 Å². The summed E-state index contributed by atoms with van der Waals surface area (Å²) in [7, 11) is 0. The number of hydrogen-bond donors (Lipinski definition) is 0. The van der Waals surface area contributed by atoms with E-state index in [2.05, 4.69) is 10.2 Å². The van der Waals surface area contributed by atoms with Gasteiger partial charge in [-0.2, -0.15) is 0 Å². The number of piperidine rings is 1. The van der Waals surface area contributed by atoms with Gasteiger partial charge in [0.15, 0.2) is 0 Å². The Bertz CT molecular complexity index is 929. The third kappa shape index (κ3) is 3.61. The highest BCUT2D eigenvalue weighted by molar-refractivity contribution is 5.81. The maximum Gasteiger partial charge on any atom is 0.227 e. The molecule has 3 heterocycles. The van der Waals surface area contributed by atoms with Crippen molar-refractivity contribution < 1.29 is 14.0 Å². The molecule has 1 aliphatic carbocycles. The van der Waals surface area contributed by atoms with Crippen molar-refractivity contribution >= 4 is 11.8 Å². The predicted octanol–water partition coefficient (Wildman–Crippen LogP) is 2.57. The Morgan fingerprint density at radius 3 is 2.47 bits per heavy atom. The molecule has 0 bridgehead atoms. The van der Waals surface area contributed by atoms with E-state index in [-0.39, 0.29) is 23.2 Å². The average molecular weight is 409 g/mol. The quantitative estimate of drug-likeness (QED) is 0.777. The van der Waals surface area contributed by atoms with Crippen LogP contribution < -0.4 is 0 Å². The average Bonchev–Trinajstić information content (AvgIpc) is 3.43. The number of nitrogens with zero attached hydrogens (tertiary/aromatic N) is 4. The molecule has 2 aromatic rings. The smallest absolute Gasteiger partial charge is 0.227 e. The van der Waals surface area contributed by atoms with Crippen LogP contribution in [-0.2, 0) is 16.0 Å². The van der Waals surface area contributed by atoms with E-state index < -0.39 is 0 Å². The number of amides is 2. The molecule has 1 aromatic carbocycles. The summed E-state index contributed by atoms with van der Waals surface area (Å²) in [6.07, 6.45) is 4.20. The van der Waals surface area contributed by atoms with E-state index in [1.165, 1.54) is 0 Å². The summed E-state index contributed by atoms with van der Waals surface area (Å²) in [4.78, 5) is 29.6. The van der Waals surface area contributed by atoms with Crippen LogP contribution in [0.2, 0.25) is 0 Å². The van der Waals surface area contributed by atoms with Gasteiger partial charge in [-0.3, -0.25) is 9.59 Å². The number of carbonyl (C=O) groups excluding carboxylic acids is 2. The summed E-state index contributed by atoms with van der Waals surface area (Å²) in [5.74, 6) is 1.90. The van der Waals surface area contributed by atoms with Gasteiger partial charge in [0, 0.05) is 44.4 Å². The largest absolute Gasteiger partial charge is 0.425 e. The van der Waals surface area contributed by atoms with Crippen LogP contribution in [-0.4, -0.2) is 58.0 Å². The number of benzene rings is 1. The van der Waals surface area contributed by atoms with Crippen LogP contribution in [0.3, 0.4) is 0 Å². The number of aromatic nitrogens is 2. The van der Waals surface area contributed by atoms with Crippen molar-refractivity contribution in [2.24, 2.45) is 11.3 Å². The number of hydrogen-bond acceptors (Lipinski definition) is 5. The third-order valence-electron chi connectivity index (χ3n) is 7.04. The van der Waals surface area contributed by atoms with Gasteiger partial charge in [-0.25, -0.2) is 0 Å². The number of aryl methyl sites for hydroxylation is 1.